The molecule has 0 unspecified atom stereocenters. The van der Waals surface area contributed by atoms with Crippen LogP contribution in [0.4, 0.5) is 11.4 Å². The number of likely N-dealkylation sites (N-methyl/N-ethyl adjacent to an activating group) is 1. The standard InChI is InChI=1S/C23H27N3O5S/c1-24(23(27)17-10-18-8-11-21(12-9-18)26(28)29)19-13-15-22(16-14-19)32(30,31)25(2)20-6-4-3-5-7-20/h8-17,20H,3-7H2,1-2H3/b17-10+. The highest BCUT2D eigenvalue weighted by molar-refractivity contribution is 7.89. The smallest absolute Gasteiger partial charge is 0.269 e. The molecule has 1 saturated carbocycles. The van der Waals surface area contributed by atoms with E-state index in [9.17, 15) is 23.3 Å². The molecule has 3 rings (SSSR count). The van der Waals surface area contributed by atoms with Crippen molar-refractivity contribution in [1.29, 1.82) is 0 Å². The van der Waals surface area contributed by atoms with Gasteiger partial charge in [0.25, 0.3) is 11.6 Å². The van der Waals surface area contributed by atoms with E-state index >= 15 is 0 Å². The van der Waals surface area contributed by atoms with Crippen LogP contribution >= 0.6 is 0 Å². The first-order chi connectivity index (χ1) is 15.2. The number of benzene rings is 2. The maximum absolute atomic E-state index is 13.0. The van der Waals surface area contributed by atoms with Crippen LogP contribution in [0.3, 0.4) is 0 Å². The number of rotatable bonds is 7. The highest BCUT2D eigenvalue weighted by Crippen LogP contribution is 2.27. The molecule has 0 heterocycles. The van der Waals surface area contributed by atoms with Crippen LogP contribution in [0.2, 0.25) is 0 Å². The van der Waals surface area contributed by atoms with Gasteiger partial charge in [0.05, 0.1) is 9.82 Å². The molecule has 1 aliphatic carbocycles. The molecule has 0 aromatic heterocycles. The van der Waals surface area contributed by atoms with Gasteiger partial charge in [-0.3, -0.25) is 14.9 Å². The maximum atomic E-state index is 13.0. The summed E-state index contributed by atoms with van der Waals surface area (Å²) in [6, 6.07) is 12.2. The van der Waals surface area contributed by atoms with Gasteiger partial charge in [0.2, 0.25) is 10.0 Å². The summed E-state index contributed by atoms with van der Waals surface area (Å²) in [5.41, 5.74) is 1.20. The monoisotopic (exact) mass is 457 g/mol. The minimum atomic E-state index is -3.59. The number of anilines is 1. The van der Waals surface area contributed by atoms with Crippen molar-refractivity contribution in [2.75, 3.05) is 19.0 Å². The van der Waals surface area contributed by atoms with Crippen molar-refractivity contribution in [2.24, 2.45) is 0 Å². The second kappa shape index (κ2) is 10.1. The molecule has 32 heavy (non-hydrogen) atoms. The molecule has 1 fully saturated rings. The Bertz CT molecular complexity index is 1090. The van der Waals surface area contributed by atoms with Crippen molar-refractivity contribution >= 4 is 33.4 Å². The van der Waals surface area contributed by atoms with Crippen LogP contribution in [0.25, 0.3) is 6.08 Å². The van der Waals surface area contributed by atoms with Gasteiger partial charge < -0.3 is 4.90 Å². The predicted molar refractivity (Wildman–Crippen MR) is 124 cm³/mol. The number of non-ortho nitro benzene ring substituents is 1. The van der Waals surface area contributed by atoms with Gasteiger partial charge in [-0.15, -0.1) is 0 Å². The van der Waals surface area contributed by atoms with Gasteiger partial charge in [0.1, 0.15) is 0 Å². The van der Waals surface area contributed by atoms with E-state index in [1.54, 1.807) is 44.4 Å². The van der Waals surface area contributed by atoms with Crippen LogP contribution < -0.4 is 4.90 Å². The Morgan fingerprint density at radius 1 is 1.00 bits per heavy atom. The fourth-order valence-corrected chi connectivity index (χ4v) is 5.18. The van der Waals surface area contributed by atoms with E-state index in [-0.39, 0.29) is 22.5 Å². The zero-order chi connectivity index (χ0) is 23.3. The van der Waals surface area contributed by atoms with Crippen molar-refractivity contribution < 1.29 is 18.1 Å². The van der Waals surface area contributed by atoms with Gasteiger partial charge in [0.15, 0.2) is 0 Å². The molecular weight excluding hydrogens is 430 g/mol. The summed E-state index contributed by atoms with van der Waals surface area (Å²) in [6.45, 7) is 0. The number of hydrogen-bond donors (Lipinski definition) is 0. The van der Waals surface area contributed by atoms with Crippen molar-refractivity contribution in [2.45, 2.75) is 43.0 Å². The first-order valence-electron chi connectivity index (χ1n) is 10.5. The Balaban J connectivity index is 1.67. The van der Waals surface area contributed by atoms with E-state index in [0.29, 0.717) is 11.3 Å². The number of sulfonamides is 1. The van der Waals surface area contributed by atoms with E-state index in [0.717, 1.165) is 32.1 Å². The molecule has 0 spiro atoms. The third-order valence-electron chi connectivity index (χ3n) is 5.84. The van der Waals surface area contributed by atoms with Crippen molar-refractivity contribution in [3.8, 4) is 0 Å². The lowest BCUT2D eigenvalue weighted by atomic mass is 9.96. The number of hydrogen-bond acceptors (Lipinski definition) is 5. The molecule has 0 bridgehead atoms. The zero-order valence-corrected chi connectivity index (χ0v) is 19.0. The molecule has 0 atom stereocenters. The Kier molecular flexibility index (Phi) is 7.42. The Hall–Kier alpha value is -3.04. The average Bonchev–Trinajstić information content (AvgIpc) is 2.82. The number of carbonyl (C=O) groups is 1. The van der Waals surface area contributed by atoms with E-state index in [1.165, 1.54) is 39.5 Å². The number of nitrogens with zero attached hydrogens (tertiary/aromatic N) is 3. The molecule has 9 heteroatoms. The fourth-order valence-electron chi connectivity index (χ4n) is 3.76. The summed E-state index contributed by atoms with van der Waals surface area (Å²) in [4.78, 5) is 24.3. The van der Waals surface area contributed by atoms with Gasteiger partial charge >= 0.3 is 0 Å². The number of nitro groups is 1. The normalized spacial score (nSPS) is 15.2. The minimum absolute atomic E-state index is 0.0187. The first kappa shape index (κ1) is 23.6. The van der Waals surface area contributed by atoms with E-state index < -0.39 is 14.9 Å². The molecule has 2 aromatic rings. The first-order valence-corrected chi connectivity index (χ1v) is 11.9. The largest absolute Gasteiger partial charge is 0.312 e. The summed E-state index contributed by atoms with van der Waals surface area (Å²) in [6.07, 6.45) is 7.94. The fraction of sp³-hybridized carbons (Fsp3) is 0.348. The minimum Gasteiger partial charge on any atom is -0.312 e. The molecule has 1 amide bonds. The summed E-state index contributed by atoms with van der Waals surface area (Å²) in [7, 11) is -0.355. The van der Waals surface area contributed by atoms with Gasteiger partial charge in [0, 0.05) is 44.0 Å². The molecule has 8 nitrogen and oxygen atoms in total. The van der Waals surface area contributed by atoms with Gasteiger partial charge in [-0.1, -0.05) is 19.3 Å². The lowest BCUT2D eigenvalue weighted by Crippen LogP contribution is -2.38. The predicted octanol–water partition coefficient (Wildman–Crippen LogP) is 4.22. The summed E-state index contributed by atoms with van der Waals surface area (Å²) in [5, 5.41) is 10.7. The summed E-state index contributed by atoms with van der Waals surface area (Å²) in [5.74, 6) is -0.307. The number of nitro benzene ring substituents is 1. The molecule has 0 aliphatic heterocycles. The number of amides is 1. The lowest BCUT2D eigenvalue weighted by molar-refractivity contribution is -0.384. The highest BCUT2D eigenvalue weighted by Gasteiger charge is 2.29. The topological polar surface area (TPSA) is 101 Å². The third kappa shape index (κ3) is 5.41. The van der Waals surface area contributed by atoms with E-state index in [4.69, 9.17) is 0 Å². The third-order valence-corrected chi connectivity index (χ3v) is 7.77. The zero-order valence-electron chi connectivity index (χ0n) is 18.2. The van der Waals surface area contributed by atoms with Gasteiger partial charge in [-0.25, -0.2) is 8.42 Å². The van der Waals surface area contributed by atoms with E-state index in [1.807, 2.05) is 0 Å². The van der Waals surface area contributed by atoms with Crippen LogP contribution in [0.15, 0.2) is 59.5 Å². The van der Waals surface area contributed by atoms with Crippen LogP contribution in [0.1, 0.15) is 37.7 Å². The SMILES string of the molecule is CN(C(=O)/C=C/c1ccc([N+](=O)[O-])cc1)c1ccc(S(=O)(=O)N(C)C2CCCCC2)cc1. The maximum Gasteiger partial charge on any atom is 0.269 e. The molecule has 170 valence electrons. The van der Waals surface area contributed by atoms with Crippen molar-refractivity contribution in [3.63, 3.8) is 0 Å². The highest BCUT2D eigenvalue weighted by atomic mass is 32.2. The van der Waals surface area contributed by atoms with E-state index in [2.05, 4.69) is 0 Å². The molecule has 0 radical (unpaired) electrons. The molecule has 0 N–H and O–H groups in total. The van der Waals surface area contributed by atoms with Crippen molar-refractivity contribution in [3.05, 3.63) is 70.3 Å². The Labute approximate surface area is 188 Å². The summed E-state index contributed by atoms with van der Waals surface area (Å²) < 4.78 is 27.4. The lowest BCUT2D eigenvalue weighted by Gasteiger charge is -2.30. The second-order valence-electron chi connectivity index (χ2n) is 7.89. The second-order valence-corrected chi connectivity index (χ2v) is 9.88. The number of carbonyl (C=O) groups excluding carboxylic acids is 1. The Morgan fingerprint density at radius 2 is 1.59 bits per heavy atom. The van der Waals surface area contributed by atoms with Crippen LogP contribution in [0, 0.1) is 10.1 Å². The van der Waals surface area contributed by atoms with Crippen LogP contribution in [0.5, 0.6) is 0 Å². The summed E-state index contributed by atoms with van der Waals surface area (Å²) >= 11 is 0. The molecular formula is C23H27N3O5S. The molecule has 2 aromatic carbocycles. The quantitative estimate of drug-likeness (QED) is 0.352. The van der Waals surface area contributed by atoms with Gasteiger partial charge in [-0.2, -0.15) is 4.31 Å². The van der Waals surface area contributed by atoms with Gasteiger partial charge in [-0.05, 0) is 60.9 Å². The van der Waals surface area contributed by atoms with Crippen LogP contribution in [-0.4, -0.2) is 43.7 Å². The average molecular weight is 458 g/mol. The molecule has 0 saturated heterocycles. The van der Waals surface area contributed by atoms with Crippen LogP contribution in [-0.2, 0) is 14.8 Å². The molecule has 1 aliphatic rings. The van der Waals surface area contributed by atoms with Crippen molar-refractivity contribution in [1.82, 2.24) is 4.31 Å². The Morgan fingerprint density at radius 3 is 2.16 bits per heavy atom.